The van der Waals surface area contributed by atoms with Crippen molar-refractivity contribution in [2.24, 2.45) is 0 Å². The molecule has 3 atom stereocenters. The highest BCUT2D eigenvalue weighted by Crippen LogP contribution is 2.12. The van der Waals surface area contributed by atoms with Gasteiger partial charge in [-0.15, -0.1) is 0 Å². The quantitative estimate of drug-likeness (QED) is 0.0497. The molecule has 0 aliphatic rings. The van der Waals surface area contributed by atoms with Crippen LogP contribution >= 0.6 is 0 Å². The van der Waals surface area contributed by atoms with Gasteiger partial charge < -0.3 is 20.6 Å². The van der Waals surface area contributed by atoms with E-state index >= 15 is 0 Å². The molecule has 0 aliphatic carbocycles. The number of carbonyl (C=O) groups is 1. The van der Waals surface area contributed by atoms with Gasteiger partial charge in [0, 0.05) is 0 Å². The van der Waals surface area contributed by atoms with E-state index in [1.165, 1.54) is 77.0 Å². The first-order valence-corrected chi connectivity index (χ1v) is 17.4. The number of allylic oxidation sites excluding steroid dienone is 7. The molecule has 0 fully saturated rings. The Hall–Kier alpha value is -1.69. The summed E-state index contributed by atoms with van der Waals surface area (Å²) < 4.78 is 0. The van der Waals surface area contributed by atoms with Crippen LogP contribution in [0.15, 0.2) is 48.6 Å². The van der Waals surface area contributed by atoms with Crippen LogP contribution < -0.4 is 5.32 Å². The van der Waals surface area contributed by atoms with Crippen LogP contribution in [0.3, 0.4) is 0 Å². The van der Waals surface area contributed by atoms with Crippen LogP contribution in [-0.4, -0.2) is 46.1 Å². The number of nitrogens with one attached hydrogen (secondary N) is 1. The summed E-state index contributed by atoms with van der Waals surface area (Å²) in [4.78, 5) is 12.3. The molecule has 244 valence electrons. The first-order chi connectivity index (χ1) is 20.5. The summed E-state index contributed by atoms with van der Waals surface area (Å²) in [6.07, 6.45) is 39.4. The minimum Gasteiger partial charge on any atom is -0.394 e. The van der Waals surface area contributed by atoms with Crippen molar-refractivity contribution in [3.8, 4) is 0 Å². The van der Waals surface area contributed by atoms with Gasteiger partial charge in [-0.2, -0.15) is 0 Å². The Morgan fingerprint density at radius 2 is 1.05 bits per heavy atom. The fourth-order valence-electron chi connectivity index (χ4n) is 4.82. The fraction of sp³-hybridized carbons (Fsp3) is 0.757. The second-order valence-electron chi connectivity index (χ2n) is 11.7. The summed E-state index contributed by atoms with van der Waals surface area (Å²) in [5, 5.41) is 32.9. The second-order valence-corrected chi connectivity index (χ2v) is 11.7. The van der Waals surface area contributed by atoms with Gasteiger partial charge in [0.15, 0.2) is 0 Å². The van der Waals surface area contributed by atoms with E-state index < -0.39 is 18.2 Å². The maximum atomic E-state index is 12.3. The highest BCUT2D eigenvalue weighted by atomic mass is 16.3. The summed E-state index contributed by atoms with van der Waals surface area (Å²) in [7, 11) is 0. The van der Waals surface area contributed by atoms with Crippen LogP contribution in [0.4, 0.5) is 0 Å². The second kappa shape index (κ2) is 32.2. The third-order valence-electron chi connectivity index (χ3n) is 7.57. The number of hydrogen-bond donors (Lipinski definition) is 4. The lowest BCUT2D eigenvalue weighted by Crippen LogP contribution is -2.45. The molecule has 5 nitrogen and oxygen atoms in total. The Balaban J connectivity index is 3.84. The van der Waals surface area contributed by atoms with Gasteiger partial charge in [0.1, 0.15) is 0 Å². The Morgan fingerprint density at radius 1 is 0.595 bits per heavy atom. The molecule has 4 N–H and O–H groups in total. The summed E-state index contributed by atoms with van der Waals surface area (Å²) in [6.45, 7) is 4.11. The van der Waals surface area contributed by atoms with Crippen molar-refractivity contribution in [2.45, 2.75) is 173 Å². The molecule has 42 heavy (non-hydrogen) atoms. The fourth-order valence-corrected chi connectivity index (χ4v) is 4.82. The number of aliphatic hydroxyl groups is 3. The van der Waals surface area contributed by atoms with Gasteiger partial charge in [-0.1, -0.05) is 133 Å². The molecule has 0 aromatic rings. The average molecular weight is 590 g/mol. The zero-order valence-electron chi connectivity index (χ0n) is 27.4. The smallest absolute Gasteiger partial charge is 0.222 e. The lowest BCUT2D eigenvalue weighted by atomic mass is 10.0. The van der Waals surface area contributed by atoms with E-state index in [1.807, 2.05) is 6.08 Å². The number of carbonyl (C=O) groups excluding carboxylic acids is 1. The summed E-state index contributed by atoms with van der Waals surface area (Å²) in [5.74, 6) is -0.339. The molecular weight excluding hydrogens is 522 g/mol. The van der Waals surface area contributed by atoms with Crippen molar-refractivity contribution in [3.05, 3.63) is 48.6 Å². The largest absolute Gasteiger partial charge is 0.394 e. The lowest BCUT2D eigenvalue weighted by molar-refractivity contribution is -0.124. The molecule has 0 bridgehead atoms. The standard InChI is InChI=1S/C37H67NO4/c1-3-5-7-9-11-13-15-17-18-19-20-22-24-26-28-30-34(40)32-37(42)38-35(33-39)36(41)31-29-27-25-23-21-16-14-12-10-8-6-4-2/h10,12,17-18,21,23,29,31,34-36,39-41H,3-9,11,13-16,19-20,22,24-28,30,32-33H2,1-2H3,(H,38,42)/b12-10+,18-17-,23-21+,31-29+. The molecule has 0 spiro atoms. The van der Waals surface area contributed by atoms with Gasteiger partial charge in [0.25, 0.3) is 0 Å². The van der Waals surface area contributed by atoms with E-state index in [1.54, 1.807) is 6.08 Å². The maximum Gasteiger partial charge on any atom is 0.222 e. The lowest BCUT2D eigenvalue weighted by Gasteiger charge is -2.20. The van der Waals surface area contributed by atoms with Crippen LogP contribution in [0.25, 0.3) is 0 Å². The number of unbranched alkanes of at least 4 members (excludes halogenated alkanes) is 15. The Labute approximate surface area is 259 Å². The molecule has 0 aliphatic heterocycles. The third kappa shape index (κ3) is 28.4. The Bertz CT molecular complexity index is 700. The number of amides is 1. The zero-order chi connectivity index (χ0) is 30.9. The van der Waals surface area contributed by atoms with E-state index in [9.17, 15) is 20.1 Å². The van der Waals surface area contributed by atoms with Crippen LogP contribution in [0, 0.1) is 0 Å². The van der Waals surface area contributed by atoms with E-state index in [2.05, 4.69) is 55.6 Å². The predicted octanol–water partition coefficient (Wildman–Crippen LogP) is 9.03. The molecule has 0 aromatic carbocycles. The van der Waals surface area contributed by atoms with Gasteiger partial charge >= 0.3 is 0 Å². The average Bonchev–Trinajstić information content (AvgIpc) is 2.98. The molecule has 0 rings (SSSR count). The van der Waals surface area contributed by atoms with Crippen molar-refractivity contribution in [3.63, 3.8) is 0 Å². The van der Waals surface area contributed by atoms with Gasteiger partial charge in [0.05, 0.1) is 31.3 Å². The van der Waals surface area contributed by atoms with Gasteiger partial charge in [-0.05, 0) is 64.2 Å². The summed E-state index contributed by atoms with van der Waals surface area (Å²) in [5.41, 5.74) is 0. The number of aliphatic hydroxyl groups excluding tert-OH is 3. The van der Waals surface area contributed by atoms with Crippen LogP contribution in [-0.2, 0) is 4.79 Å². The Morgan fingerprint density at radius 3 is 1.60 bits per heavy atom. The van der Waals surface area contributed by atoms with E-state index in [0.29, 0.717) is 6.42 Å². The van der Waals surface area contributed by atoms with Crippen LogP contribution in [0.2, 0.25) is 0 Å². The molecule has 0 heterocycles. The minimum atomic E-state index is -0.960. The number of rotatable bonds is 30. The van der Waals surface area contributed by atoms with Crippen molar-refractivity contribution in [1.82, 2.24) is 5.32 Å². The maximum absolute atomic E-state index is 12.3. The molecule has 5 heteroatoms. The highest BCUT2D eigenvalue weighted by Gasteiger charge is 2.20. The highest BCUT2D eigenvalue weighted by molar-refractivity contribution is 5.76. The molecule has 0 radical (unpaired) electrons. The summed E-state index contributed by atoms with van der Waals surface area (Å²) in [6, 6.07) is -0.768. The Kier molecular flexibility index (Phi) is 30.9. The van der Waals surface area contributed by atoms with Crippen molar-refractivity contribution >= 4 is 5.91 Å². The molecule has 0 saturated heterocycles. The van der Waals surface area contributed by atoms with Gasteiger partial charge in [0.2, 0.25) is 5.91 Å². The molecule has 1 amide bonds. The predicted molar refractivity (Wildman–Crippen MR) is 181 cm³/mol. The van der Waals surface area contributed by atoms with Gasteiger partial charge in [-0.3, -0.25) is 4.79 Å². The van der Waals surface area contributed by atoms with Crippen LogP contribution in [0.1, 0.15) is 155 Å². The monoisotopic (exact) mass is 590 g/mol. The van der Waals surface area contributed by atoms with E-state index in [-0.39, 0.29) is 18.9 Å². The molecular formula is C37H67NO4. The first-order valence-electron chi connectivity index (χ1n) is 17.4. The van der Waals surface area contributed by atoms with Crippen molar-refractivity contribution < 1.29 is 20.1 Å². The van der Waals surface area contributed by atoms with E-state index in [4.69, 9.17) is 0 Å². The number of hydrogen-bond acceptors (Lipinski definition) is 4. The SMILES string of the molecule is CCCC/C=C/CC/C=C/CC/C=C/C(O)C(CO)NC(=O)CC(O)CCCCCCC/C=C\CCCCCCCC. The zero-order valence-corrected chi connectivity index (χ0v) is 27.4. The topological polar surface area (TPSA) is 89.8 Å². The van der Waals surface area contributed by atoms with Gasteiger partial charge in [-0.25, -0.2) is 0 Å². The molecule has 0 aromatic heterocycles. The normalized spacial score (nSPS) is 14.5. The van der Waals surface area contributed by atoms with Crippen LogP contribution in [0.5, 0.6) is 0 Å². The molecule has 0 saturated carbocycles. The van der Waals surface area contributed by atoms with E-state index in [0.717, 1.165) is 51.4 Å². The first kappa shape index (κ1) is 40.3. The summed E-state index contributed by atoms with van der Waals surface area (Å²) >= 11 is 0. The third-order valence-corrected chi connectivity index (χ3v) is 7.57. The minimum absolute atomic E-state index is 0.00504. The van der Waals surface area contributed by atoms with Crippen molar-refractivity contribution in [1.29, 1.82) is 0 Å². The molecule has 3 unspecified atom stereocenters. The van der Waals surface area contributed by atoms with Crippen molar-refractivity contribution in [2.75, 3.05) is 6.61 Å².